The van der Waals surface area contributed by atoms with E-state index in [9.17, 15) is 0 Å². The molecule has 0 amide bonds. The van der Waals surface area contributed by atoms with Crippen LogP contribution < -0.4 is 11.1 Å². The molecule has 2 rings (SSSR count). The second kappa shape index (κ2) is 5.48. The average Bonchev–Trinajstić information content (AvgIpc) is 2.82. The van der Waals surface area contributed by atoms with Crippen LogP contribution in [0.3, 0.4) is 0 Å². The van der Waals surface area contributed by atoms with Crippen molar-refractivity contribution in [1.82, 2.24) is 24.5 Å². The quantitative estimate of drug-likeness (QED) is 0.743. The van der Waals surface area contributed by atoms with Gasteiger partial charge in [-0.2, -0.15) is 26.7 Å². The standard InChI is InChI=1S/C9H13N7S/c1-17-5-3-12-8-13-7(10)14-9(15-8)16-4-2-11-6-16/h2,4,6H,3,5H2,1H3,(H3,10,12,13,14,15). The predicted octanol–water partition coefficient (Wildman–Crippen LogP) is 0.414. The van der Waals surface area contributed by atoms with Crippen molar-refractivity contribution < 1.29 is 0 Å². The summed E-state index contributed by atoms with van der Waals surface area (Å²) in [7, 11) is 0. The third-order valence-electron chi connectivity index (χ3n) is 1.97. The van der Waals surface area contributed by atoms with E-state index in [0.29, 0.717) is 11.9 Å². The molecule has 2 aromatic heterocycles. The number of nitrogens with zero attached hydrogens (tertiary/aromatic N) is 5. The van der Waals surface area contributed by atoms with E-state index in [4.69, 9.17) is 5.73 Å². The fourth-order valence-electron chi connectivity index (χ4n) is 1.22. The molecule has 0 unspecified atom stereocenters. The second-order valence-corrected chi connectivity index (χ2v) is 4.19. The van der Waals surface area contributed by atoms with Crippen molar-refractivity contribution in [2.45, 2.75) is 0 Å². The van der Waals surface area contributed by atoms with Crippen molar-refractivity contribution in [3.8, 4) is 5.95 Å². The number of thioether (sulfide) groups is 1. The Morgan fingerprint density at radius 1 is 1.41 bits per heavy atom. The number of aromatic nitrogens is 5. The molecule has 0 saturated carbocycles. The van der Waals surface area contributed by atoms with Gasteiger partial charge in [0, 0.05) is 24.7 Å². The van der Waals surface area contributed by atoms with E-state index in [2.05, 4.69) is 25.3 Å². The van der Waals surface area contributed by atoms with Crippen LogP contribution in [0.1, 0.15) is 0 Å². The van der Waals surface area contributed by atoms with Gasteiger partial charge in [0.05, 0.1) is 0 Å². The lowest BCUT2D eigenvalue weighted by Crippen LogP contribution is -2.12. The van der Waals surface area contributed by atoms with Crippen molar-refractivity contribution in [2.75, 3.05) is 29.6 Å². The van der Waals surface area contributed by atoms with Crippen LogP contribution in [0, 0.1) is 0 Å². The first-order valence-electron chi connectivity index (χ1n) is 5.02. The average molecular weight is 251 g/mol. The smallest absolute Gasteiger partial charge is 0.241 e. The molecule has 2 aromatic rings. The van der Waals surface area contributed by atoms with Crippen molar-refractivity contribution in [1.29, 1.82) is 0 Å². The Balaban J connectivity index is 2.18. The van der Waals surface area contributed by atoms with Gasteiger partial charge in [-0.05, 0) is 6.26 Å². The zero-order chi connectivity index (χ0) is 12.1. The summed E-state index contributed by atoms with van der Waals surface area (Å²) in [4.78, 5) is 16.2. The Morgan fingerprint density at radius 2 is 2.29 bits per heavy atom. The van der Waals surface area contributed by atoms with Crippen LogP contribution in [0.5, 0.6) is 0 Å². The molecule has 0 atom stereocenters. The predicted molar refractivity (Wildman–Crippen MR) is 68.2 cm³/mol. The van der Waals surface area contributed by atoms with Gasteiger partial charge < -0.3 is 11.1 Å². The van der Waals surface area contributed by atoms with Crippen LogP contribution >= 0.6 is 11.8 Å². The summed E-state index contributed by atoms with van der Waals surface area (Å²) in [6.07, 6.45) is 7.06. The van der Waals surface area contributed by atoms with Gasteiger partial charge in [0.25, 0.3) is 0 Å². The van der Waals surface area contributed by atoms with Gasteiger partial charge in [-0.1, -0.05) is 0 Å². The van der Waals surface area contributed by atoms with E-state index >= 15 is 0 Å². The summed E-state index contributed by atoms with van der Waals surface area (Å²) in [6, 6.07) is 0. The molecular weight excluding hydrogens is 238 g/mol. The molecule has 0 spiro atoms. The second-order valence-electron chi connectivity index (χ2n) is 3.21. The number of hydrogen-bond acceptors (Lipinski definition) is 7. The van der Waals surface area contributed by atoms with Gasteiger partial charge in [-0.25, -0.2) is 4.98 Å². The first-order valence-corrected chi connectivity index (χ1v) is 6.41. The fraction of sp³-hybridized carbons (Fsp3) is 0.333. The SMILES string of the molecule is CSCCNc1nc(N)nc(-n2ccnc2)n1. The minimum Gasteiger partial charge on any atom is -0.368 e. The van der Waals surface area contributed by atoms with E-state index in [1.54, 1.807) is 35.0 Å². The van der Waals surface area contributed by atoms with E-state index in [1.165, 1.54) is 0 Å². The molecule has 3 N–H and O–H groups in total. The molecule has 17 heavy (non-hydrogen) atoms. The molecule has 8 heteroatoms. The zero-order valence-electron chi connectivity index (χ0n) is 9.37. The number of anilines is 2. The number of nitrogens with one attached hydrogen (secondary N) is 1. The molecule has 0 bridgehead atoms. The van der Waals surface area contributed by atoms with Crippen LogP contribution in [-0.4, -0.2) is 43.1 Å². The highest BCUT2D eigenvalue weighted by Crippen LogP contribution is 2.06. The van der Waals surface area contributed by atoms with Crippen molar-refractivity contribution in [2.24, 2.45) is 0 Å². The van der Waals surface area contributed by atoms with E-state index < -0.39 is 0 Å². The van der Waals surface area contributed by atoms with E-state index in [1.807, 2.05) is 6.26 Å². The summed E-state index contributed by atoms with van der Waals surface area (Å²) in [5, 5.41) is 3.09. The monoisotopic (exact) mass is 251 g/mol. The van der Waals surface area contributed by atoms with Crippen LogP contribution in [-0.2, 0) is 0 Å². The third kappa shape index (κ3) is 3.06. The first kappa shape index (κ1) is 11.6. The maximum atomic E-state index is 5.63. The Bertz CT molecular complexity index is 470. The Kier molecular flexibility index (Phi) is 3.76. The summed E-state index contributed by atoms with van der Waals surface area (Å²) in [5.41, 5.74) is 5.63. The molecule has 0 aromatic carbocycles. The van der Waals surface area contributed by atoms with Crippen molar-refractivity contribution in [3.63, 3.8) is 0 Å². The minimum atomic E-state index is 0.190. The molecule has 0 aliphatic carbocycles. The highest BCUT2D eigenvalue weighted by atomic mass is 32.2. The van der Waals surface area contributed by atoms with Crippen molar-refractivity contribution >= 4 is 23.7 Å². The summed E-state index contributed by atoms with van der Waals surface area (Å²) in [6.45, 7) is 0.786. The summed E-state index contributed by atoms with van der Waals surface area (Å²) < 4.78 is 1.68. The molecule has 0 aliphatic heterocycles. The number of nitrogen functional groups attached to an aromatic ring is 1. The number of rotatable bonds is 5. The topological polar surface area (TPSA) is 94.5 Å². The lowest BCUT2D eigenvalue weighted by Gasteiger charge is -2.06. The number of nitrogens with two attached hydrogens (primary N) is 1. The Hall–Kier alpha value is -1.83. The summed E-state index contributed by atoms with van der Waals surface area (Å²) >= 11 is 1.75. The highest BCUT2D eigenvalue weighted by Gasteiger charge is 2.05. The van der Waals surface area contributed by atoms with Crippen LogP contribution in [0.25, 0.3) is 5.95 Å². The lowest BCUT2D eigenvalue weighted by molar-refractivity contribution is 0.899. The lowest BCUT2D eigenvalue weighted by atomic mass is 10.7. The van der Waals surface area contributed by atoms with Gasteiger partial charge in [-0.3, -0.25) is 4.57 Å². The van der Waals surface area contributed by atoms with Crippen molar-refractivity contribution in [3.05, 3.63) is 18.7 Å². The molecule has 0 saturated heterocycles. The van der Waals surface area contributed by atoms with Gasteiger partial charge in [-0.15, -0.1) is 0 Å². The highest BCUT2D eigenvalue weighted by molar-refractivity contribution is 7.98. The maximum Gasteiger partial charge on any atom is 0.241 e. The van der Waals surface area contributed by atoms with Crippen LogP contribution in [0.4, 0.5) is 11.9 Å². The minimum absolute atomic E-state index is 0.190. The van der Waals surface area contributed by atoms with Crippen LogP contribution in [0.2, 0.25) is 0 Å². The van der Waals surface area contributed by atoms with Gasteiger partial charge >= 0.3 is 0 Å². The molecule has 0 aliphatic rings. The fourth-order valence-corrected chi connectivity index (χ4v) is 1.52. The largest absolute Gasteiger partial charge is 0.368 e. The van der Waals surface area contributed by atoms with E-state index in [-0.39, 0.29) is 5.95 Å². The van der Waals surface area contributed by atoms with Gasteiger partial charge in [0.15, 0.2) is 0 Å². The number of hydrogen-bond donors (Lipinski definition) is 2. The first-order chi connectivity index (χ1) is 8.29. The molecule has 2 heterocycles. The number of imidazole rings is 1. The van der Waals surface area contributed by atoms with Gasteiger partial charge in [0.1, 0.15) is 6.33 Å². The maximum absolute atomic E-state index is 5.63. The molecule has 90 valence electrons. The molecular formula is C9H13N7S. The van der Waals surface area contributed by atoms with Crippen LogP contribution in [0.15, 0.2) is 18.7 Å². The Labute approximate surface area is 103 Å². The van der Waals surface area contributed by atoms with Gasteiger partial charge in [0.2, 0.25) is 17.8 Å². The summed E-state index contributed by atoms with van der Waals surface area (Å²) in [5.74, 6) is 2.11. The molecule has 0 fully saturated rings. The normalized spacial score (nSPS) is 10.4. The Morgan fingerprint density at radius 3 is 3.00 bits per heavy atom. The molecule has 0 radical (unpaired) electrons. The zero-order valence-corrected chi connectivity index (χ0v) is 10.2. The third-order valence-corrected chi connectivity index (χ3v) is 2.58. The van der Waals surface area contributed by atoms with E-state index in [0.717, 1.165) is 12.3 Å². The molecule has 7 nitrogen and oxygen atoms in total.